The molecule has 18 heavy (non-hydrogen) atoms. The Morgan fingerprint density at radius 3 is 2.44 bits per heavy atom. The lowest BCUT2D eigenvalue weighted by Crippen LogP contribution is -2.30. The smallest absolute Gasteiger partial charge is 0.318 e. The highest BCUT2D eigenvalue weighted by molar-refractivity contribution is 7.13. The van der Waals surface area contributed by atoms with E-state index in [4.69, 9.17) is 0 Å². The Balaban J connectivity index is 2.32. The van der Waals surface area contributed by atoms with Gasteiger partial charge < -0.3 is 5.32 Å². The van der Waals surface area contributed by atoms with Gasteiger partial charge in [0.2, 0.25) is 0 Å². The molecular weight excluding hydrogens is 263 g/mol. The van der Waals surface area contributed by atoms with Gasteiger partial charge in [-0.25, -0.2) is 0 Å². The van der Waals surface area contributed by atoms with Gasteiger partial charge in [-0.2, -0.15) is 13.2 Å². The molecule has 0 saturated carbocycles. The Hall–Kier alpha value is -1.82. The van der Waals surface area contributed by atoms with Crippen molar-refractivity contribution in [2.24, 2.45) is 0 Å². The Labute approximate surface area is 105 Å². The first-order valence-corrected chi connectivity index (χ1v) is 5.87. The molecule has 2 rings (SSSR count). The van der Waals surface area contributed by atoms with Crippen LogP contribution in [0.25, 0.3) is 10.4 Å². The molecule has 0 atom stereocenters. The van der Waals surface area contributed by atoms with Crippen LogP contribution in [-0.4, -0.2) is 12.1 Å². The molecule has 94 valence electrons. The van der Waals surface area contributed by atoms with Crippen molar-refractivity contribution in [1.29, 1.82) is 0 Å². The molecule has 6 heteroatoms. The van der Waals surface area contributed by atoms with Crippen LogP contribution in [0, 0.1) is 0 Å². The molecule has 0 unspecified atom stereocenters. The van der Waals surface area contributed by atoms with Gasteiger partial charge in [-0.05, 0) is 17.5 Å². The number of alkyl halides is 3. The lowest BCUT2D eigenvalue weighted by Gasteiger charge is -2.11. The third-order valence-electron chi connectivity index (χ3n) is 2.22. The molecule has 0 aliphatic heterocycles. The minimum Gasteiger partial charge on any atom is -0.318 e. The Bertz CT molecular complexity index is 549. The molecule has 0 aliphatic rings. The van der Waals surface area contributed by atoms with Gasteiger partial charge in [-0.15, -0.1) is 11.3 Å². The van der Waals surface area contributed by atoms with E-state index >= 15 is 0 Å². The molecule has 0 spiro atoms. The number of para-hydroxylation sites is 1. The molecule has 0 fully saturated rings. The molecule has 1 N–H and O–H groups in total. The van der Waals surface area contributed by atoms with Gasteiger partial charge in [0.05, 0.1) is 0 Å². The van der Waals surface area contributed by atoms with Gasteiger partial charge >= 0.3 is 12.1 Å². The predicted octanol–water partition coefficient (Wildman–Crippen LogP) is 3.92. The monoisotopic (exact) mass is 271 g/mol. The van der Waals surface area contributed by atoms with E-state index in [9.17, 15) is 18.0 Å². The van der Waals surface area contributed by atoms with E-state index in [2.05, 4.69) is 0 Å². The lowest BCUT2D eigenvalue weighted by atomic mass is 10.1. The van der Waals surface area contributed by atoms with Crippen molar-refractivity contribution in [3.63, 3.8) is 0 Å². The summed E-state index contributed by atoms with van der Waals surface area (Å²) in [6.45, 7) is 0. The van der Waals surface area contributed by atoms with E-state index in [0.29, 0.717) is 5.56 Å². The molecule has 2 nitrogen and oxygen atoms in total. The summed E-state index contributed by atoms with van der Waals surface area (Å²) >= 11 is 1.39. The zero-order valence-electron chi connectivity index (χ0n) is 8.99. The predicted molar refractivity (Wildman–Crippen MR) is 64.4 cm³/mol. The first kappa shape index (κ1) is 12.6. The average Bonchev–Trinajstić information content (AvgIpc) is 2.82. The molecule has 0 saturated heterocycles. The SMILES string of the molecule is O=C(Nc1ccccc1-c1cccs1)C(F)(F)F. The van der Waals surface area contributed by atoms with Crippen molar-refractivity contribution in [3.8, 4) is 10.4 Å². The Morgan fingerprint density at radius 2 is 1.83 bits per heavy atom. The fourth-order valence-corrected chi connectivity index (χ4v) is 2.20. The number of halogens is 3. The average molecular weight is 271 g/mol. The van der Waals surface area contributed by atoms with Crippen molar-refractivity contribution < 1.29 is 18.0 Å². The summed E-state index contributed by atoms with van der Waals surface area (Å²) in [6, 6.07) is 9.96. The fourth-order valence-electron chi connectivity index (χ4n) is 1.43. The van der Waals surface area contributed by atoms with Crippen LogP contribution >= 0.6 is 11.3 Å². The number of amides is 1. The van der Waals surface area contributed by atoms with Crippen LogP contribution in [0.1, 0.15) is 0 Å². The summed E-state index contributed by atoms with van der Waals surface area (Å²) < 4.78 is 36.6. The number of anilines is 1. The van der Waals surface area contributed by atoms with E-state index in [1.165, 1.54) is 17.4 Å². The molecule has 1 aromatic heterocycles. The van der Waals surface area contributed by atoms with Crippen LogP contribution in [0.5, 0.6) is 0 Å². The van der Waals surface area contributed by atoms with Gasteiger partial charge in [0.1, 0.15) is 0 Å². The maximum Gasteiger partial charge on any atom is 0.471 e. The summed E-state index contributed by atoms with van der Waals surface area (Å²) in [7, 11) is 0. The number of nitrogens with one attached hydrogen (secondary N) is 1. The lowest BCUT2D eigenvalue weighted by molar-refractivity contribution is -0.167. The van der Waals surface area contributed by atoms with E-state index in [0.717, 1.165) is 4.88 Å². The molecular formula is C12H8F3NOS. The third-order valence-corrected chi connectivity index (χ3v) is 3.12. The molecule has 0 bridgehead atoms. The first-order chi connectivity index (χ1) is 8.48. The van der Waals surface area contributed by atoms with Crippen LogP contribution < -0.4 is 5.32 Å². The van der Waals surface area contributed by atoms with E-state index in [1.54, 1.807) is 30.3 Å². The number of carbonyl (C=O) groups is 1. The van der Waals surface area contributed by atoms with Crippen LogP contribution in [0.15, 0.2) is 41.8 Å². The fraction of sp³-hybridized carbons (Fsp3) is 0.0833. The topological polar surface area (TPSA) is 29.1 Å². The molecule has 1 amide bonds. The van der Waals surface area contributed by atoms with Gasteiger partial charge in [0.25, 0.3) is 0 Å². The maximum absolute atomic E-state index is 12.2. The van der Waals surface area contributed by atoms with Crippen LogP contribution in [0.3, 0.4) is 0 Å². The number of benzene rings is 1. The largest absolute Gasteiger partial charge is 0.471 e. The number of rotatable bonds is 2. The highest BCUT2D eigenvalue weighted by atomic mass is 32.1. The molecule has 0 radical (unpaired) electrons. The number of hydrogen-bond donors (Lipinski definition) is 1. The van der Waals surface area contributed by atoms with Crippen molar-refractivity contribution in [1.82, 2.24) is 0 Å². The second kappa shape index (κ2) is 4.81. The van der Waals surface area contributed by atoms with Gasteiger partial charge in [-0.1, -0.05) is 24.3 Å². The summed E-state index contributed by atoms with van der Waals surface area (Å²) in [5.74, 6) is -1.97. The third kappa shape index (κ3) is 2.70. The van der Waals surface area contributed by atoms with Crippen molar-refractivity contribution in [2.75, 3.05) is 5.32 Å². The normalized spacial score (nSPS) is 11.3. The number of hydrogen-bond acceptors (Lipinski definition) is 2. The highest BCUT2D eigenvalue weighted by Crippen LogP contribution is 2.32. The van der Waals surface area contributed by atoms with Crippen molar-refractivity contribution in [3.05, 3.63) is 41.8 Å². The van der Waals surface area contributed by atoms with Crippen LogP contribution in [0.4, 0.5) is 18.9 Å². The molecule has 1 heterocycles. The minimum atomic E-state index is -4.89. The molecule has 2 aromatic rings. The Morgan fingerprint density at radius 1 is 1.11 bits per heavy atom. The van der Waals surface area contributed by atoms with E-state index in [1.807, 2.05) is 10.7 Å². The van der Waals surface area contributed by atoms with Gasteiger partial charge in [0.15, 0.2) is 0 Å². The second-order valence-corrected chi connectivity index (χ2v) is 4.42. The standard InChI is InChI=1S/C12H8F3NOS/c13-12(14,15)11(17)16-9-5-2-1-4-8(9)10-6-3-7-18-10/h1-7H,(H,16,17). The van der Waals surface area contributed by atoms with Crippen molar-refractivity contribution in [2.45, 2.75) is 6.18 Å². The highest BCUT2D eigenvalue weighted by Gasteiger charge is 2.38. The first-order valence-electron chi connectivity index (χ1n) is 4.99. The number of carbonyl (C=O) groups excluding carboxylic acids is 1. The van der Waals surface area contributed by atoms with Crippen LogP contribution in [-0.2, 0) is 4.79 Å². The summed E-state index contributed by atoms with van der Waals surface area (Å²) in [5, 5.41) is 3.70. The number of thiophene rings is 1. The Kier molecular flexibility index (Phi) is 3.38. The zero-order valence-corrected chi connectivity index (χ0v) is 9.81. The second-order valence-electron chi connectivity index (χ2n) is 3.47. The minimum absolute atomic E-state index is 0.155. The van der Waals surface area contributed by atoms with Crippen LogP contribution in [0.2, 0.25) is 0 Å². The molecule has 1 aromatic carbocycles. The summed E-state index contributed by atoms with van der Waals surface area (Å²) in [5.41, 5.74) is 0.729. The zero-order chi connectivity index (χ0) is 13.2. The summed E-state index contributed by atoms with van der Waals surface area (Å²) in [4.78, 5) is 11.7. The molecule has 0 aliphatic carbocycles. The quantitative estimate of drug-likeness (QED) is 0.881. The van der Waals surface area contributed by atoms with Gasteiger partial charge in [0, 0.05) is 16.1 Å². The van der Waals surface area contributed by atoms with E-state index < -0.39 is 12.1 Å². The maximum atomic E-state index is 12.2. The van der Waals surface area contributed by atoms with Crippen molar-refractivity contribution >= 4 is 22.9 Å². The van der Waals surface area contributed by atoms with E-state index in [-0.39, 0.29) is 5.69 Å². The summed E-state index contributed by atoms with van der Waals surface area (Å²) in [6.07, 6.45) is -4.89. The van der Waals surface area contributed by atoms with Gasteiger partial charge in [-0.3, -0.25) is 4.79 Å².